The van der Waals surface area contributed by atoms with E-state index in [0.29, 0.717) is 0 Å². The summed E-state index contributed by atoms with van der Waals surface area (Å²) in [6, 6.07) is 0. The first-order chi connectivity index (χ1) is 21.8. The quantitative estimate of drug-likeness (QED) is 0.113. The Bertz CT molecular complexity index is 891. The van der Waals surface area contributed by atoms with E-state index in [1.165, 1.54) is 0 Å². The highest BCUT2D eigenvalue weighted by Crippen LogP contribution is 2.30. The minimum absolute atomic E-state index is 0.349. The molecule has 5 fully saturated rings. The number of aliphatic hydroxyl groups is 12. The third-order valence-corrected chi connectivity index (χ3v) is 8.45. The highest BCUT2D eigenvalue weighted by molar-refractivity contribution is 4.92. The summed E-state index contributed by atoms with van der Waals surface area (Å²) in [5, 5.41) is 122. The molecule has 268 valence electrons. The van der Waals surface area contributed by atoms with E-state index in [2.05, 4.69) is 0 Å². The fraction of sp³-hybridized carbons (Fsp3) is 1.00. The summed E-state index contributed by atoms with van der Waals surface area (Å²) in [6.45, 7) is -1.94. The summed E-state index contributed by atoms with van der Waals surface area (Å²) in [5.41, 5.74) is 0. The molecule has 21 heteroatoms. The van der Waals surface area contributed by atoms with Gasteiger partial charge in [-0.25, -0.2) is 0 Å². The molecule has 0 radical (unpaired) electrons. The molecule has 21 nitrogen and oxygen atoms in total. The smallest absolute Gasteiger partial charge is 0.186 e. The molecule has 20 atom stereocenters. The molecule has 5 rings (SSSR count). The van der Waals surface area contributed by atoms with Crippen LogP contribution in [-0.2, 0) is 42.6 Å². The van der Waals surface area contributed by atoms with Crippen LogP contribution in [0.2, 0.25) is 0 Å². The summed E-state index contributed by atoms with van der Waals surface area (Å²) in [4.78, 5) is 0. The Kier molecular flexibility index (Phi) is 12.2. The molecule has 0 saturated carbocycles. The second kappa shape index (κ2) is 15.4. The van der Waals surface area contributed by atoms with Crippen LogP contribution in [0.3, 0.4) is 0 Å². The van der Waals surface area contributed by atoms with Crippen molar-refractivity contribution in [2.24, 2.45) is 0 Å². The van der Waals surface area contributed by atoms with Crippen LogP contribution in [0.15, 0.2) is 0 Å². The van der Waals surface area contributed by atoms with Gasteiger partial charge in [-0.3, -0.25) is 0 Å². The lowest BCUT2D eigenvalue weighted by Gasteiger charge is -2.45. The number of hydrogen-bond donors (Lipinski definition) is 12. The van der Waals surface area contributed by atoms with Gasteiger partial charge >= 0.3 is 0 Å². The average Bonchev–Trinajstić information content (AvgIpc) is 3.03. The highest BCUT2D eigenvalue weighted by Gasteiger charge is 2.50. The monoisotopic (exact) mass is 678 g/mol. The van der Waals surface area contributed by atoms with Crippen LogP contribution in [-0.4, -0.2) is 217 Å². The maximum Gasteiger partial charge on any atom is 0.186 e. The van der Waals surface area contributed by atoms with Gasteiger partial charge in [0.25, 0.3) is 0 Å². The maximum atomic E-state index is 10.7. The second-order valence-corrected chi connectivity index (χ2v) is 11.7. The number of aliphatic hydroxyl groups excluding tert-OH is 12. The Hall–Kier alpha value is -0.840. The van der Waals surface area contributed by atoms with E-state index in [-0.39, 0.29) is 13.2 Å². The van der Waals surface area contributed by atoms with Crippen molar-refractivity contribution < 1.29 is 104 Å². The van der Waals surface area contributed by atoms with Gasteiger partial charge in [-0.05, 0) is 0 Å². The molecule has 46 heavy (non-hydrogen) atoms. The van der Waals surface area contributed by atoms with E-state index in [1.807, 2.05) is 0 Å². The summed E-state index contributed by atoms with van der Waals surface area (Å²) in [7, 11) is 0. The fourth-order valence-corrected chi connectivity index (χ4v) is 5.51. The maximum absolute atomic E-state index is 10.7. The van der Waals surface area contributed by atoms with Crippen LogP contribution in [0.1, 0.15) is 0 Å². The fourth-order valence-electron chi connectivity index (χ4n) is 5.51. The van der Waals surface area contributed by atoms with E-state index in [0.717, 1.165) is 0 Å². The average molecular weight is 679 g/mol. The number of hydrogen-bond acceptors (Lipinski definition) is 21. The molecule has 12 N–H and O–H groups in total. The van der Waals surface area contributed by atoms with Gasteiger partial charge in [0, 0.05) is 0 Å². The Morgan fingerprint density at radius 1 is 0.304 bits per heavy atom. The van der Waals surface area contributed by atoms with E-state index >= 15 is 0 Å². The normalized spacial score (nSPS) is 54.0. The molecule has 0 bridgehead atoms. The summed E-state index contributed by atoms with van der Waals surface area (Å²) >= 11 is 0. The summed E-state index contributed by atoms with van der Waals surface area (Å²) in [5.74, 6) is 0. The molecule has 0 aromatic carbocycles. The Labute approximate surface area is 260 Å². The lowest BCUT2D eigenvalue weighted by molar-refractivity contribution is -0.362. The minimum atomic E-state index is -1.78. The van der Waals surface area contributed by atoms with Crippen LogP contribution >= 0.6 is 0 Å². The lowest BCUT2D eigenvalue weighted by Crippen LogP contribution is -2.63. The zero-order valence-electron chi connectivity index (χ0n) is 24.1. The van der Waals surface area contributed by atoms with E-state index in [9.17, 15) is 61.3 Å². The van der Waals surface area contributed by atoms with Crippen LogP contribution in [0.4, 0.5) is 0 Å². The van der Waals surface area contributed by atoms with Crippen molar-refractivity contribution in [3.05, 3.63) is 0 Å². The Morgan fingerprint density at radius 3 is 0.957 bits per heavy atom. The number of rotatable bonds is 8. The van der Waals surface area contributed by atoms with Crippen molar-refractivity contribution in [1.82, 2.24) is 0 Å². The topological polar surface area (TPSA) is 326 Å². The third-order valence-electron chi connectivity index (χ3n) is 8.45. The SMILES string of the molecule is OC1OC[C@@H](O[C@@H]2OC[C@@H](O[C@@H]3OC[C@@H](O[C@@H]4OC[C@@H](O[C@@H]5OC[C@@H](O)[C@H](O)[C@H]5O)[C@H](O)[C@H]4O)[C@H](O)[C@H]3O)[C@H](O)[C@H]2O)[C@H](O)[C@H]1O. The molecule has 0 aromatic rings. The van der Waals surface area contributed by atoms with E-state index in [4.69, 9.17) is 42.6 Å². The third kappa shape index (κ3) is 7.65. The van der Waals surface area contributed by atoms with Crippen molar-refractivity contribution in [3.63, 3.8) is 0 Å². The molecule has 0 spiro atoms. The molecule has 5 saturated heterocycles. The van der Waals surface area contributed by atoms with Gasteiger partial charge in [-0.1, -0.05) is 0 Å². The number of ether oxygens (including phenoxy) is 9. The van der Waals surface area contributed by atoms with Crippen LogP contribution in [0, 0.1) is 0 Å². The van der Waals surface area contributed by atoms with Crippen LogP contribution in [0.25, 0.3) is 0 Å². The molecule has 0 aromatic heterocycles. The predicted octanol–water partition coefficient (Wildman–Crippen LogP) is -8.73. The predicted molar refractivity (Wildman–Crippen MR) is 136 cm³/mol. The lowest BCUT2D eigenvalue weighted by atomic mass is 10.0. The minimum Gasteiger partial charge on any atom is -0.388 e. The van der Waals surface area contributed by atoms with Gasteiger partial charge in [0.05, 0.1) is 33.0 Å². The standard InChI is InChI=1S/C25H42O21/c26-6-1-39-22(17(33)11(6)27)44-8-3-41-24(19(35)13(8)29)46-10-5-42-25(20(36)15(10)31)45-9-4-40-23(18(34)14(9)30)43-7-2-38-21(37)16(32)12(7)28/h6-37H,1-5H2/t6-,7-,8-,9-,10-,11+,12+,13+,14+,15+,16-,17-,18-,19-,20-,21?,22+,23+,24+,25+/m1/s1. The molecule has 0 aliphatic carbocycles. The van der Waals surface area contributed by atoms with Crippen LogP contribution in [0.5, 0.6) is 0 Å². The highest BCUT2D eigenvalue weighted by atomic mass is 16.8. The van der Waals surface area contributed by atoms with Crippen molar-refractivity contribution in [1.29, 1.82) is 0 Å². The van der Waals surface area contributed by atoms with Gasteiger partial charge in [0.2, 0.25) is 0 Å². The second-order valence-electron chi connectivity index (χ2n) is 11.7. The van der Waals surface area contributed by atoms with Crippen molar-refractivity contribution >= 4 is 0 Å². The molecule has 5 heterocycles. The Balaban J connectivity index is 1.08. The zero-order chi connectivity index (χ0) is 33.4. The molecule has 1 unspecified atom stereocenters. The van der Waals surface area contributed by atoms with Crippen molar-refractivity contribution in [2.75, 3.05) is 33.0 Å². The van der Waals surface area contributed by atoms with E-state index in [1.54, 1.807) is 0 Å². The molecule has 5 aliphatic heterocycles. The summed E-state index contributed by atoms with van der Waals surface area (Å²) in [6.07, 6.45) is -30.9. The van der Waals surface area contributed by atoms with E-state index < -0.39 is 143 Å². The first-order valence-electron chi connectivity index (χ1n) is 14.6. The van der Waals surface area contributed by atoms with Crippen molar-refractivity contribution in [3.8, 4) is 0 Å². The molecular formula is C25H42O21. The summed E-state index contributed by atoms with van der Waals surface area (Å²) < 4.78 is 48.2. The largest absolute Gasteiger partial charge is 0.388 e. The zero-order valence-corrected chi connectivity index (χ0v) is 24.1. The molecular weight excluding hydrogens is 636 g/mol. The first kappa shape index (κ1) is 36.4. The molecule has 5 aliphatic rings. The molecule has 0 amide bonds. The van der Waals surface area contributed by atoms with Gasteiger partial charge in [0.1, 0.15) is 91.6 Å². The van der Waals surface area contributed by atoms with Gasteiger partial charge in [-0.15, -0.1) is 0 Å². The van der Waals surface area contributed by atoms with Gasteiger partial charge in [0.15, 0.2) is 31.5 Å². The first-order valence-corrected chi connectivity index (χ1v) is 14.6. The Morgan fingerprint density at radius 2 is 0.587 bits per heavy atom. The van der Waals surface area contributed by atoms with Gasteiger partial charge in [-0.2, -0.15) is 0 Å². The van der Waals surface area contributed by atoms with Gasteiger partial charge < -0.3 is 104 Å². The van der Waals surface area contributed by atoms with Crippen molar-refractivity contribution in [2.45, 2.75) is 123 Å². The van der Waals surface area contributed by atoms with Crippen LogP contribution < -0.4 is 0 Å².